The fourth-order valence-corrected chi connectivity index (χ4v) is 5.98. The Morgan fingerprint density at radius 1 is 1.20 bits per heavy atom. The van der Waals surface area contributed by atoms with Gasteiger partial charge in [-0.2, -0.15) is 13.2 Å². The van der Waals surface area contributed by atoms with E-state index >= 15 is 0 Å². The van der Waals surface area contributed by atoms with Crippen molar-refractivity contribution in [2.75, 3.05) is 51.4 Å². The van der Waals surface area contributed by atoms with Gasteiger partial charge in [0.05, 0.1) is 23.7 Å². The Balaban J connectivity index is 1.38. The Bertz CT molecular complexity index is 873. The maximum absolute atomic E-state index is 13.8. The van der Waals surface area contributed by atoms with Gasteiger partial charge < -0.3 is 24.6 Å². The Hall–Kier alpha value is -1.84. The number of alkyl halides is 3. The van der Waals surface area contributed by atoms with E-state index in [2.05, 4.69) is 19.2 Å². The molecule has 1 aromatic rings. The van der Waals surface area contributed by atoms with E-state index < -0.39 is 17.2 Å². The quantitative estimate of drug-likeness (QED) is 0.645. The Morgan fingerprint density at radius 2 is 1.94 bits per heavy atom. The molecule has 196 valence electrons. The van der Waals surface area contributed by atoms with Gasteiger partial charge in [0, 0.05) is 57.7 Å². The summed E-state index contributed by atoms with van der Waals surface area (Å²) < 4.78 is 50.5. The third-order valence-corrected chi connectivity index (χ3v) is 8.24. The summed E-state index contributed by atoms with van der Waals surface area (Å²) >= 11 is 0. The Kier molecular flexibility index (Phi) is 7.98. The zero-order chi connectivity index (χ0) is 25.2. The molecule has 2 heterocycles. The molecular formula is C26H38F3N3O3. The number of nitrogens with one attached hydrogen (secondary N) is 1. The molecule has 1 N–H and O–H groups in total. The molecule has 1 aromatic carbocycles. The van der Waals surface area contributed by atoms with Crippen LogP contribution in [0.4, 0.5) is 18.9 Å². The van der Waals surface area contributed by atoms with Gasteiger partial charge in [0.15, 0.2) is 0 Å². The highest BCUT2D eigenvalue weighted by molar-refractivity contribution is 5.84. The van der Waals surface area contributed by atoms with E-state index in [1.807, 2.05) is 9.80 Å². The average Bonchev–Trinajstić information content (AvgIpc) is 3.29. The number of hydrogen-bond donors (Lipinski definition) is 1. The predicted octanol–water partition coefficient (Wildman–Crippen LogP) is 3.94. The lowest BCUT2D eigenvalue weighted by atomic mass is 9.74. The molecule has 4 atom stereocenters. The van der Waals surface area contributed by atoms with Crippen LogP contribution in [0.1, 0.15) is 45.1 Å². The van der Waals surface area contributed by atoms with Gasteiger partial charge in [0.1, 0.15) is 0 Å². The van der Waals surface area contributed by atoms with E-state index in [4.69, 9.17) is 9.47 Å². The van der Waals surface area contributed by atoms with Crippen molar-refractivity contribution in [2.45, 2.75) is 63.9 Å². The monoisotopic (exact) mass is 497 g/mol. The number of carbonyl (C=O) groups excluding carboxylic acids is 1. The zero-order valence-corrected chi connectivity index (χ0v) is 20.9. The second kappa shape index (κ2) is 10.6. The van der Waals surface area contributed by atoms with Crippen molar-refractivity contribution >= 4 is 11.6 Å². The maximum Gasteiger partial charge on any atom is 0.416 e. The topological polar surface area (TPSA) is 54.0 Å². The highest BCUT2D eigenvalue weighted by Gasteiger charge is 2.50. The molecule has 9 heteroatoms. The molecule has 2 saturated heterocycles. The summed E-state index contributed by atoms with van der Waals surface area (Å²) in [5, 5.41) is 3.76. The van der Waals surface area contributed by atoms with Crippen LogP contribution in [0.15, 0.2) is 24.3 Å². The first kappa shape index (κ1) is 26.2. The number of nitrogens with zero attached hydrogens (tertiary/aromatic N) is 2. The third kappa shape index (κ3) is 5.62. The van der Waals surface area contributed by atoms with Gasteiger partial charge in [-0.3, -0.25) is 4.79 Å². The normalized spacial score (nSPS) is 30.2. The van der Waals surface area contributed by atoms with Crippen molar-refractivity contribution in [3.63, 3.8) is 0 Å². The fraction of sp³-hybridized carbons (Fsp3) is 0.731. The van der Waals surface area contributed by atoms with Gasteiger partial charge in [-0.25, -0.2) is 0 Å². The summed E-state index contributed by atoms with van der Waals surface area (Å²) in [5.74, 6) is 0.395. The number of halogens is 3. The van der Waals surface area contributed by atoms with Gasteiger partial charge >= 0.3 is 6.18 Å². The van der Waals surface area contributed by atoms with Crippen LogP contribution in [-0.2, 0) is 20.4 Å². The van der Waals surface area contributed by atoms with Gasteiger partial charge in [-0.1, -0.05) is 19.9 Å². The zero-order valence-electron chi connectivity index (χ0n) is 20.9. The fourth-order valence-electron chi connectivity index (χ4n) is 5.98. The lowest BCUT2D eigenvalue weighted by molar-refractivity contribution is -0.145. The predicted molar refractivity (Wildman–Crippen MR) is 128 cm³/mol. The van der Waals surface area contributed by atoms with Crippen LogP contribution in [0.25, 0.3) is 0 Å². The number of ether oxygens (including phenoxy) is 2. The lowest BCUT2D eigenvalue weighted by Crippen LogP contribution is -2.55. The first-order valence-electron chi connectivity index (χ1n) is 12.7. The highest BCUT2D eigenvalue weighted by Crippen LogP contribution is 2.46. The molecule has 1 aliphatic carbocycles. The molecular weight excluding hydrogens is 459 g/mol. The van der Waals surface area contributed by atoms with Crippen molar-refractivity contribution in [1.82, 2.24) is 10.2 Å². The van der Waals surface area contributed by atoms with Crippen LogP contribution in [0, 0.1) is 11.3 Å². The number of anilines is 1. The van der Waals surface area contributed by atoms with Crippen LogP contribution in [0.3, 0.4) is 0 Å². The summed E-state index contributed by atoms with van der Waals surface area (Å²) in [5.41, 5.74) is -0.499. The van der Waals surface area contributed by atoms with Gasteiger partial charge in [-0.15, -0.1) is 0 Å². The van der Waals surface area contributed by atoms with Crippen molar-refractivity contribution in [3.8, 4) is 0 Å². The standard InChI is InChI=1S/C26H38F3N3O3/c1-18(2)25(9-7-20(16-25)30-22-8-14-35-17-23(22)34-3)24(33)32-12-10-31(11-13-32)21-6-4-5-19(15-21)26(27,28)29/h4-6,15,18,20,22-23,30H,7-14,16-17H2,1-3H3/t20?,22?,23?,25-/m0/s1. The largest absolute Gasteiger partial charge is 0.416 e. The second-order valence-corrected chi connectivity index (χ2v) is 10.5. The molecule has 4 rings (SSSR count). The van der Waals surface area contributed by atoms with Crippen LogP contribution in [-0.4, -0.2) is 75.5 Å². The number of piperazine rings is 1. The number of hydrogen-bond acceptors (Lipinski definition) is 5. The third-order valence-electron chi connectivity index (χ3n) is 8.24. The summed E-state index contributed by atoms with van der Waals surface area (Å²) in [6.07, 6.45) is -0.853. The summed E-state index contributed by atoms with van der Waals surface area (Å²) in [6.45, 7) is 7.67. The number of carbonyl (C=O) groups is 1. The molecule has 3 fully saturated rings. The van der Waals surface area contributed by atoms with E-state index in [1.54, 1.807) is 13.2 Å². The smallest absolute Gasteiger partial charge is 0.379 e. The minimum atomic E-state index is -4.36. The van der Waals surface area contributed by atoms with Crippen LogP contribution < -0.4 is 10.2 Å². The lowest BCUT2D eigenvalue weighted by Gasteiger charge is -2.42. The summed E-state index contributed by atoms with van der Waals surface area (Å²) in [7, 11) is 1.71. The van der Waals surface area contributed by atoms with E-state index in [9.17, 15) is 18.0 Å². The molecule has 0 aromatic heterocycles. The van der Waals surface area contributed by atoms with E-state index in [-0.39, 0.29) is 30.0 Å². The van der Waals surface area contributed by atoms with Crippen LogP contribution >= 0.6 is 0 Å². The molecule has 2 aliphatic heterocycles. The summed E-state index contributed by atoms with van der Waals surface area (Å²) in [4.78, 5) is 17.7. The van der Waals surface area contributed by atoms with E-state index in [1.165, 1.54) is 12.1 Å². The van der Waals surface area contributed by atoms with Crippen molar-refractivity contribution in [1.29, 1.82) is 0 Å². The minimum Gasteiger partial charge on any atom is -0.379 e. The molecule has 1 amide bonds. The first-order valence-corrected chi connectivity index (χ1v) is 12.7. The van der Waals surface area contributed by atoms with Crippen molar-refractivity contribution in [3.05, 3.63) is 29.8 Å². The number of benzene rings is 1. The molecule has 1 saturated carbocycles. The van der Waals surface area contributed by atoms with E-state index in [0.29, 0.717) is 45.1 Å². The Labute approximate surface area is 206 Å². The van der Waals surface area contributed by atoms with Crippen molar-refractivity contribution in [2.24, 2.45) is 11.3 Å². The molecule has 3 aliphatic rings. The number of amides is 1. The molecule has 0 radical (unpaired) electrons. The molecule has 6 nitrogen and oxygen atoms in total. The molecule has 35 heavy (non-hydrogen) atoms. The maximum atomic E-state index is 13.8. The number of methoxy groups -OCH3 is 1. The van der Waals surface area contributed by atoms with Crippen LogP contribution in [0.2, 0.25) is 0 Å². The minimum absolute atomic E-state index is 0.0254. The van der Waals surface area contributed by atoms with Gasteiger partial charge in [0.2, 0.25) is 5.91 Å². The van der Waals surface area contributed by atoms with E-state index in [0.717, 1.165) is 31.7 Å². The highest BCUT2D eigenvalue weighted by atomic mass is 19.4. The SMILES string of the molecule is COC1COCCC1NC1CC[C@@](C(=O)N2CCN(c3cccc(C(F)(F)F)c3)CC2)(C(C)C)C1. The Morgan fingerprint density at radius 3 is 2.60 bits per heavy atom. The molecule has 0 spiro atoms. The van der Waals surface area contributed by atoms with Crippen molar-refractivity contribution < 1.29 is 27.4 Å². The summed E-state index contributed by atoms with van der Waals surface area (Å²) in [6, 6.07) is 5.93. The van der Waals surface area contributed by atoms with Gasteiger partial charge in [0.25, 0.3) is 0 Å². The average molecular weight is 498 g/mol. The number of rotatable bonds is 6. The molecule has 3 unspecified atom stereocenters. The molecule has 0 bridgehead atoms. The van der Waals surface area contributed by atoms with Crippen LogP contribution in [0.5, 0.6) is 0 Å². The second-order valence-electron chi connectivity index (χ2n) is 10.5. The van der Waals surface area contributed by atoms with Gasteiger partial charge in [-0.05, 0) is 49.8 Å². The first-order chi connectivity index (χ1) is 16.6.